The molecule has 19 heavy (non-hydrogen) atoms. The second-order valence-corrected chi connectivity index (χ2v) is 5.37. The number of alkyl halides is 2. The highest BCUT2D eigenvalue weighted by Gasteiger charge is 2.35. The van der Waals surface area contributed by atoms with Crippen LogP contribution in [0.15, 0.2) is 0 Å². The van der Waals surface area contributed by atoms with Crippen LogP contribution >= 0.6 is 0 Å². The summed E-state index contributed by atoms with van der Waals surface area (Å²) in [5.74, 6) is 0. The zero-order chi connectivity index (χ0) is 14.3. The molecule has 0 bridgehead atoms. The van der Waals surface area contributed by atoms with Crippen molar-refractivity contribution in [2.24, 2.45) is 0 Å². The van der Waals surface area contributed by atoms with E-state index in [9.17, 15) is 8.78 Å². The van der Waals surface area contributed by atoms with E-state index < -0.39 is 13.0 Å². The second kappa shape index (κ2) is 8.12. The first kappa shape index (κ1) is 16.8. The van der Waals surface area contributed by atoms with Crippen molar-refractivity contribution < 1.29 is 13.5 Å². The van der Waals surface area contributed by atoms with E-state index in [0.717, 1.165) is 38.9 Å². The fraction of sp³-hybridized carbons (Fsp3) is 1.00. The largest absolute Gasteiger partial charge is 0.374 e. The monoisotopic (exact) mass is 278 g/mol. The Hall–Kier alpha value is -0.260. The molecule has 1 aliphatic heterocycles. The van der Waals surface area contributed by atoms with Crippen LogP contribution in [-0.4, -0.2) is 55.8 Å². The third kappa shape index (κ3) is 4.97. The van der Waals surface area contributed by atoms with Gasteiger partial charge < -0.3 is 10.1 Å². The van der Waals surface area contributed by atoms with E-state index in [2.05, 4.69) is 31.0 Å². The average molecular weight is 278 g/mol. The molecule has 114 valence electrons. The van der Waals surface area contributed by atoms with Crippen LogP contribution in [0.3, 0.4) is 0 Å². The molecule has 1 heterocycles. The number of ether oxygens (including phenoxy) is 1. The third-order valence-corrected chi connectivity index (χ3v) is 4.33. The first-order chi connectivity index (χ1) is 9.06. The first-order valence-electron chi connectivity index (χ1n) is 7.41. The highest BCUT2D eigenvalue weighted by molar-refractivity contribution is 4.96. The van der Waals surface area contributed by atoms with Crippen LogP contribution in [0.25, 0.3) is 0 Å². The molecule has 1 atom stereocenters. The van der Waals surface area contributed by atoms with Crippen molar-refractivity contribution in [2.75, 3.05) is 32.8 Å². The van der Waals surface area contributed by atoms with Gasteiger partial charge in [0.05, 0.1) is 6.61 Å². The fourth-order valence-electron chi connectivity index (χ4n) is 2.78. The number of hydrogen-bond donors (Lipinski definition) is 1. The highest BCUT2D eigenvalue weighted by atomic mass is 19.3. The topological polar surface area (TPSA) is 24.5 Å². The summed E-state index contributed by atoms with van der Waals surface area (Å²) >= 11 is 0. The molecule has 0 saturated carbocycles. The summed E-state index contributed by atoms with van der Waals surface area (Å²) in [7, 11) is 0. The molecular formula is C14H28F2N2O. The van der Waals surface area contributed by atoms with E-state index in [4.69, 9.17) is 4.74 Å². The van der Waals surface area contributed by atoms with Gasteiger partial charge in [0.15, 0.2) is 0 Å². The van der Waals surface area contributed by atoms with E-state index in [0.29, 0.717) is 12.6 Å². The number of halogens is 2. The molecule has 1 unspecified atom stereocenters. The SMILES string of the molecule is CCC1CNC(CC)(CC)CN1CCOCC(F)F. The fourth-order valence-corrected chi connectivity index (χ4v) is 2.78. The molecule has 0 aliphatic carbocycles. The van der Waals surface area contributed by atoms with Gasteiger partial charge in [0, 0.05) is 31.2 Å². The van der Waals surface area contributed by atoms with Crippen molar-refractivity contribution in [2.45, 2.75) is 58.0 Å². The maximum Gasteiger partial charge on any atom is 0.261 e. The van der Waals surface area contributed by atoms with Gasteiger partial charge in [0.1, 0.15) is 6.61 Å². The van der Waals surface area contributed by atoms with Crippen molar-refractivity contribution >= 4 is 0 Å². The van der Waals surface area contributed by atoms with E-state index in [1.807, 2.05) is 0 Å². The molecule has 0 aromatic rings. The van der Waals surface area contributed by atoms with Crippen LogP contribution in [0.2, 0.25) is 0 Å². The van der Waals surface area contributed by atoms with Gasteiger partial charge in [0.25, 0.3) is 6.43 Å². The maximum atomic E-state index is 12.0. The molecule has 0 amide bonds. The zero-order valence-electron chi connectivity index (χ0n) is 12.4. The molecule has 0 aromatic carbocycles. The molecule has 1 aliphatic rings. The van der Waals surface area contributed by atoms with Gasteiger partial charge in [-0.1, -0.05) is 20.8 Å². The summed E-state index contributed by atoms with van der Waals surface area (Å²) in [6.07, 6.45) is 0.893. The van der Waals surface area contributed by atoms with Gasteiger partial charge in [-0.3, -0.25) is 4.90 Å². The quantitative estimate of drug-likeness (QED) is 0.690. The molecule has 3 nitrogen and oxygen atoms in total. The standard InChI is InChI=1S/C14H28F2N2O/c1-4-12-9-17-14(5-2,6-3)11-18(12)7-8-19-10-13(15)16/h12-13,17H,4-11H2,1-3H3. The summed E-state index contributed by atoms with van der Waals surface area (Å²) in [6.45, 7) is 9.23. The van der Waals surface area contributed by atoms with Gasteiger partial charge in [0.2, 0.25) is 0 Å². The van der Waals surface area contributed by atoms with Crippen molar-refractivity contribution in [1.82, 2.24) is 10.2 Å². The van der Waals surface area contributed by atoms with Crippen LogP contribution in [-0.2, 0) is 4.74 Å². The van der Waals surface area contributed by atoms with Gasteiger partial charge >= 0.3 is 0 Å². The smallest absolute Gasteiger partial charge is 0.261 e. The zero-order valence-corrected chi connectivity index (χ0v) is 12.4. The Bertz CT molecular complexity index is 248. The molecular weight excluding hydrogens is 250 g/mol. The molecule has 1 fully saturated rings. The summed E-state index contributed by atoms with van der Waals surface area (Å²) in [6, 6.07) is 0.487. The maximum absolute atomic E-state index is 12.0. The van der Waals surface area contributed by atoms with Crippen LogP contribution in [0.4, 0.5) is 8.78 Å². The Morgan fingerprint density at radius 2 is 2.00 bits per heavy atom. The Balaban J connectivity index is 2.46. The predicted octanol–water partition coefficient (Wildman–Crippen LogP) is 2.51. The van der Waals surface area contributed by atoms with Gasteiger partial charge in [-0.15, -0.1) is 0 Å². The van der Waals surface area contributed by atoms with Crippen molar-refractivity contribution in [1.29, 1.82) is 0 Å². The Kier molecular flexibility index (Phi) is 7.18. The lowest BCUT2D eigenvalue weighted by atomic mass is 9.88. The Labute approximate surface area is 115 Å². The Morgan fingerprint density at radius 3 is 2.53 bits per heavy atom. The lowest BCUT2D eigenvalue weighted by Gasteiger charge is -2.47. The average Bonchev–Trinajstić information content (AvgIpc) is 2.43. The lowest BCUT2D eigenvalue weighted by Crippen LogP contribution is -2.64. The van der Waals surface area contributed by atoms with Crippen LogP contribution in [0, 0.1) is 0 Å². The minimum absolute atomic E-state index is 0.175. The summed E-state index contributed by atoms with van der Waals surface area (Å²) in [4.78, 5) is 2.40. The summed E-state index contributed by atoms with van der Waals surface area (Å²) in [5, 5.41) is 3.67. The molecule has 5 heteroatoms. The first-order valence-corrected chi connectivity index (χ1v) is 7.41. The molecule has 0 aromatic heterocycles. The van der Waals surface area contributed by atoms with Crippen LogP contribution < -0.4 is 5.32 Å². The number of rotatable bonds is 8. The number of nitrogens with one attached hydrogen (secondary N) is 1. The van der Waals surface area contributed by atoms with Gasteiger partial charge in [-0.2, -0.15) is 0 Å². The molecule has 1 saturated heterocycles. The van der Waals surface area contributed by atoms with Crippen molar-refractivity contribution in [3.8, 4) is 0 Å². The van der Waals surface area contributed by atoms with Crippen LogP contribution in [0.5, 0.6) is 0 Å². The van der Waals surface area contributed by atoms with E-state index >= 15 is 0 Å². The molecule has 0 spiro atoms. The molecule has 1 rings (SSSR count). The predicted molar refractivity (Wildman–Crippen MR) is 73.8 cm³/mol. The third-order valence-electron chi connectivity index (χ3n) is 4.33. The van der Waals surface area contributed by atoms with E-state index in [-0.39, 0.29) is 5.54 Å². The number of nitrogens with zero attached hydrogens (tertiary/aromatic N) is 1. The van der Waals surface area contributed by atoms with E-state index in [1.165, 1.54) is 0 Å². The minimum Gasteiger partial charge on any atom is -0.374 e. The van der Waals surface area contributed by atoms with Crippen molar-refractivity contribution in [3.63, 3.8) is 0 Å². The summed E-state index contributed by atoms with van der Waals surface area (Å²) < 4.78 is 29.1. The number of hydrogen-bond acceptors (Lipinski definition) is 3. The molecule has 1 N–H and O–H groups in total. The summed E-state index contributed by atoms with van der Waals surface area (Å²) in [5.41, 5.74) is 0.175. The Morgan fingerprint density at radius 1 is 1.32 bits per heavy atom. The van der Waals surface area contributed by atoms with Crippen molar-refractivity contribution in [3.05, 3.63) is 0 Å². The van der Waals surface area contributed by atoms with Crippen LogP contribution in [0.1, 0.15) is 40.0 Å². The van der Waals surface area contributed by atoms with Gasteiger partial charge in [-0.25, -0.2) is 8.78 Å². The number of piperazine rings is 1. The highest BCUT2D eigenvalue weighted by Crippen LogP contribution is 2.23. The minimum atomic E-state index is -2.37. The second-order valence-electron chi connectivity index (χ2n) is 5.37. The van der Waals surface area contributed by atoms with Gasteiger partial charge in [-0.05, 0) is 19.3 Å². The molecule has 0 radical (unpaired) electrons. The normalized spacial score (nSPS) is 24.0. The lowest BCUT2D eigenvalue weighted by molar-refractivity contribution is -0.00620. The van der Waals surface area contributed by atoms with E-state index in [1.54, 1.807) is 0 Å².